The van der Waals surface area contributed by atoms with Gasteiger partial charge in [0.25, 0.3) is 0 Å². The molecule has 0 unspecified atom stereocenters. The van der Waals surface area contributed by atoms with Crippen molar-refractivity contribution >= 4 is 16.6 Å². The standard InChI is InChI=1S/C18H20N2O2/c1-3-20-15(9-13-7-8-14(19)10-18(13)20)12-22-17-6-4-5-16(11-17)21-2/h4-11H,3,12,19H2,1-2H3. The summed E-state index contributed by atoms with van der Waals surface area (Å²) in [6.07, 6.45) is 0. The van der Waals surface area contributed by atoms with E-state index in [4.69, 9.17) is 15.2 Å². The van der Waals surface area contributed by atoms with Crippen molar-refractivity contribution in [1.82, 2.24) is 4.57 Å². The summed E-state index contributed by atoms with van der Waals surface area (Å²) in [6.45, 7) is 3.51. The Morgan fingerprint density at radius 3 is 2.64 bits per heavy atom. The molecule has 0 spiro atoms. The second kappa shape index (κ2) is 6.02. The first-order valence-electron chi connectivity index (χ1n) is 7.35. The predicted octanol–water partition coefficient (Wildman–Crippen LogP) is 3.83. The molecule has 114 valence electrons. The number of benzene rings is 2. The molecule has 0 atom stereocenters. The molecule has 0 radical (unpaired) electrons. The molecule has 2 N–H and O–H groups in total. The number of hydrogen-bond donors (Lipinski definition) is 1. The zero-order chi connectivity index (χ0) is 15.5. The van der Waals surface area contributed by atoms with Gasteiger partial charge in [0.1, 0.15) is 18.1 Å². The number of aryl methyl sites for hydroxylation is 1. The number of methoxy groups -OCH3 is 1. The quantitative estimate of drug-likeness (QED) is 0.728. The highest BCUT2D eigenvalue weighted by Crippen LogP contribution is 2.25. The largest absolute Gasteiger partial charge is 0.497 e. The topological polar surface area (TPSA) is 49.4 Å². The molecule has 0 aliphatic rings. The Labute approximate surface area is 130 Å². The summed E-state index contributed by atoms with van der Waals surface area (Å²) in [5, 5.41) is 1.18. The van der Waals surface area contributed by atoms with Crippen LogP contribution in [0.5, 0.6) is 11.5 Å². The minimum atomic E-state index is 0.510. The van der Waals surface area contributed by atoms with Gasteiger partial charge in [0.05, 0.1) is 18.3 Å². The third kappa shape index (κ3) is 2.72. The van der Waals surface area contributed by atoms with E-state index < -0.39 is 0 Å². The Bertz CT molecular complexity index is 793. The molecule has 4 nitrogen and oxygen atoms in total. The summed E-state index contributed by atoms with van der Waals surface area (Å²) in [7, 11) is 1.65. The fraction of sp³-hybridized carbons (Fsp3) is 0.222. The van der Waals surface area contributed by atoms with Gasteiger partial charge in [-0.15, -0.1) is 0 Å². The van der Waals surface area contributed by atoms with E-state index in [1.54, 1.807) is 7.11 Å². The average Bonchev–Trinajstić information content (AvgIpc) is 2.89. The van der Waals surface area contributed by atoms with E-state index >= 15 is 0 Å². The van der Waals surface area contributed by atoms with Crippen LogP contribution in [0, 0.1) is 0 Å². The Balaban J connectivity index is 1.87. The van der Waals surface area contributed by atoms with Crippen molar-refractivity contribution in [3.8, 4) is 11.5 Å². The van der Waals surface area contributed by atoms with Crippen LogP contribution in [0.2, 0.25) is 0 Å². The monoisotopic (exact) mass is 296 g/mol. The fourth-order valence-electron chi connectivity index (χ4n) is 2.67. The summed E-state index contributed by atoms with van der Waals surface area (Å²) < 4.78 is 13.3. The minimum Gasteiger partial charge on any atom is -0.497 e. The number of nitrogens with zero attached hydrogens (tertiary/aromatic N) is 1. The van der Waals surface area contributed by atoms with Gasteiger partial charge < -0.3 is 19.8 Å². The predicted molar refractivity (Wildman–Crippen MR) is 89.4 cm³/mol. The highest BCUT2D eigenvalue weighted by molar-refractivity contribution is 5.84. The van der Waals surface area contributed by atoms with E-state index in [2.05, 4.69) is 17.6 Å². The number of nitrogen functional groups attached to an aromatic ring is 1. The van der Waals surface area contributed by atoms with Crippen molar-refractivity contribution in [1.29, 1.82) is 0 Å². The Kier molecular flexibility index (Phi) is 3.92. The zero-order valence-electron chi connectivity index (χ0n) is 12.9. The first-order valence-corrected chi connectivity index (χ1v) is 7.35. The van der Waals surface area contributed by atoms with Crippen LogP contribution >= 0.6 is 0 Å². The SMILES string of the molecule is CCn1c(COc2cccc(OC)c2)cc2ccc(N)cc21. The smallest absolute Gasteiger partial charge is 0.128 e. The van der Waals surface area contributed by atoms with Crippen molar-refractivity contribution in [3.05, 3.63) is 54.2 Å². The van der Waals surface area contributed by atoms with Crippen molar-refractivity contribution < 1.29 is 9.47 Å². The lowest BCUT2D eigenvalue weighted by Gasteiger charge is -2.10. The summed E-state index contributed by atoms with van der Waals surface area (Å²) in [4.78, 5) is 0. The lowest BCUT2D eigenvalue weighted by Crippen LogP contribution is -2.04. The molecular weight excluding hydrogens is 276 g/mol. The average molecular weight is 296 g/mol. The molecule has 3 aromatic rings. The van der Waals surface area contributed by atoms with Gasteiger partial charge in [-0.2, -0.15) is 0 Å². The molecule has 2 aromatic carbocycles. The van der Waals surface area contributed by atoms with Crippen LogP contribution in [-0.2, 0) is 13.2 Å². The maximum Gasteiger partial charge on any atom is 0.128 e. The van der Waals surface area contributed by atoms with Gasteiger partial charge in [0.2, 0.25) is 0 Å². The summed E-state index contributed by atoms with van der Waals surface area (Å²) in [6, 6.07) is 15.8. The van der Waals surface area contributed by atoms with Gasteiger partial charge in [-0.1, -0.05) is 12.1 Å². The summed E-state index contributed by atoms with van der Waals surface area (Å²) in [5.41, 5.74) is 8.95. The van der Waals surface area contributed by atoms with Crippen LogP contribution in [0.1, 0.15) is 12.6 Å². The van der Waals surface area contributed by atoms with Crippen molar-refractivity contribution in [2.75, 3.05) is 12.8 Å². The van der Waals surface area contributed by atoms with Crippen LogP contribution < -0.4 is 15.2 Å². The first-order chi connectivity index (χ1) is 10.7. The number of fused-ring (bicyclic) bond motifs is 1. The molecular formula is C18H20N2O2. The molecule has 22 heavy (non-hydrogen) atoms. The zero-order valence-corrected chi connectivity index (χ0v) is 12.9. The van der Waals surface area contributed by atoms with Crippen molar-refractivity contribution in [3.63, 3.8) is 0 Å². The lowest BCUT2D eigenvalue weighted by molar-refractivity contribution is 0.294. The molecule has 0 aliphatic heterocycles. The van der Waals surface area contributed by atoms with E-state index in [1.807, 2.05) is 42.5 Å². The molecule has 0 amide bonds. The number of hydrogen-bond acceptors (Lipinski definition) is 3. The molecule has 0 saturated carbocycles. The van der Waals surface area contributed by atoms with Crippen molar-refractivity contribution in [2.45, 2.75) is 20.1 Å². The van der Waals surface area contributed by atoms with Crippen LogP contribution in [0.4, 0.5) is 5.69 Å². The van der Waals surface area contributed by atoms with Gasteiger partial charge in [-0.05, 0) is 37.3 Å². The third-order valence-corrected chi connectivity index (χ3v) is 3.76. The first kappa shape index (κ1) is 14.3. The second-order valence-corrected chi connectivity index (χ2v) is 5.17. The number of ether oxygens (including phenoxy) is 2. The van der Waals surface area contributed by atoms with E-state index in [1.165, 1.54) is 5.39 Å². The number of anilines is 1. The Hall–Kier alpha value is -2.62. The Morgan fingerprint density at radius 1 is 1.05 bits per heavy atom. The molecule has 0 saturated heterocycles. The molecule has 0 bridgehead atoms. The molecule has 3 rings (SSSR count). The van der Waals surface area contributed by atoms with Crippen LogP contribution in [-0.4, -0.2) is 11.7 Å². The molecule has 0 fully saturated rings. The highest BCUT2D eigenvalue weighted by atomic mass is 16.5. The van der Waals surface area contributed by atoms with Gasteiger partial charge in [0.15, 0.2) is 0 Å². The van der Waals surface area contributed by atoms with E-state index in [-0.39, 0.29) is 0 Å². The van der Waals surface area contributed by atoms with Crippen LogP contribution in [0.15, 0.2) is 48.5 Å². The van der Waals surface area contributed by atoms with Crippen LogP contribution in [0.25, 0.3) is 10.9 Å². The van der Waals surface area contributed by atoms with E-state index in [0.29, 0.717) is 6.61 Å². The molecule has 1 heterocycles. The summed E-state index contributed by atoms with van der Waals surface area (Å²) >= 11 is 0. The van der Waals surface area contributed by atoms with Gasteiger partial charge >= 0.3 is 0 Å². The third-order valence-electron chi connectivity index (χ3n) is 3.76. The number of nitrogens with two attached hydrogens (primary N) is 1. The second-order valence-electron chi connectivity index (χ2n) is 5.17. The lowest BCUT2D eigenvalue weighted by atomic mass is 10.2. The normalized spacial score (nSPS) is 10.8. The number of aromatic nitrogens is 1. The Morgan fingerprint density at radius 2 is 1.86 bits per heavy atom. The fourth-order valence-corrected chi connectivity index (χ4v) is 2.67. The maximum atomic E-state index is 5.90. The molecule has 0 aliphatic carbocycles. The van der Waals surface area contributed by atoms with Gasteiger partial charge in [-0.25, -0.2) is 0 Å². The highest BCUT2D eigenvalue weighted by Gasteiger charge is 2.09. The maximum absolute atomic E-state index is 5.90. The van der Waals surface area contributed by atoms with Crippen LogP contribution in [0.3, 0.4) is 0 Å². The van der Waals surface area contributed by atoms with Gasteiger partial charge in [0, 0.05) is 23.7 Å². The summed E-state index contributed by atoms with van der Waals surface area (Å²) in [5.74, 6) is 1.59. The minimum absolute atomic E-state index is 0.510. The molecule has 1 aromatic heterocycles. The molecule has 4 heteroatoms. The van der Waals surface area contributed by atoms with Gasteiger partial charge in [-0.3, -0.25) is 0 Å². The number of rotatable bonds is 5. The van der Waals surface area contributed by atoms with E-state index in [9.17, 15) is 0 Å². The van der Waals surface area contributed by atoms with Crippen molar-refractivity contribution in [2.24, 2.45) is 0 Å². The van der Waals surface area contributed by atoms with E-state index in [0.717, 1.165) is 34.9 Å².